The first-order valence-electron chi connectivity index (χ1n) is 14.7. The molecule has 0 spiro atoms. The highest BCUT2D eigenvalue weighted by atomic mass is 16.6. The van der Waals surface area contributed by atoms with Gasteiger partial charge in [-0.05, 0) is 43.9 Å². The molecule has 4 N–H and O–H groups in total. The molecule has 12 nitrogen and oxygen atoms in total. The molecule has 0 fully saturated rings. The van der Waals surface area contributed by atoms with E-state index in [9.17, 15) is 29.1 Å². The van der Waals surface area contributed by atoms with Gasteiger partial charge in [0.1, 0.15) is 30.3 Å². The SMILES string of the molecule is CC(C)[C@H](NC(=O)C(Cc1cn(C)c2ccccc12)NC(=O)C(CC(=O)OC(C)(C)C)NC(=O)OCc1ccccc1)C(=O)O. The van der Waals surface area contributed by atoms with Gasteiger partial charge in [-0.2, -0.15) is 0 Å². The van der Waals surface area contributed by atoms with Crippen LogP contribution in [0.5, 0.6) is 0 Å². The lowest BCUT2D eigenvalue weighted by Crippen LogP contribution is -2.57. The number of ether oxygens (including phenoxy) is 2. The molecular formula is C33H42N4O8. The molecule has 3 amide bonds. The minimum absolute atomic E-state index is 0.000964. The van der Waals surface area contributed by atoms with Crippen molar-refractivity contribution >= 4 is 40.7 Å². The molecule has 12 heteroatoms. The maximum atomic E-state index is 13.7. The second-order valence-corrected chi connectivity index (χ2v) is 12.2. The van der Waals surface area contributed by atoms with E-state index in [0.29, 0.717) is 5.56 Å². The van der Waals surface area contributed by atoms with Crippen LogP contribution in [0.2, 0.25) is 0 Å². The summed E-state index contributed by atoms with van der Waals surface area (Å²) in [6.07, 6.45) is 0.325. The number of nitrogens with one attached hydrogen (secondary N) is 3. The van der Waals surface area contributed by atoms with Gasteiger partial charge in [0.2, 0.25) is 11.8 Å². The Morgan fingerprint density at radius 3 is 2.11 bits per heavy atom. The van der Waals surface area contributed by atoms with Crippen molar-refractivity contribution in [1.29, 1.82) is 0 Å². The fourth-order valence-electron chi connectivity index (χ4n) is 4.72. The van der Waals surface area contributed by atoms with Gasteiger partial charge in [0.15, 0.2) is 0 Å². The number of benzene rings is 2. The van der Waals surface area contributed by atoms with Crippen molar-refractivity contribution in [2.45, 2.75) is 77.8 Å². The Bertz CT molecular complexity index is 1510. The van der Waals surface area contributed by atoms with Crippen LogP contribution < -0.4 is 16.0 Å². The molecule has 45 heavy (non-hydrogen) atoms. The standard InChI is InChI=1S/C33H42N4O8/c1-20(2)28(31(41)42)36-30(40)24(16-22-18-37(6)26-15-11-10-14-23(22)26)34-29(39)25(17-27(38)45-33(3,4)5)35-32(43)44-19-21-12-8-7-9-13-21/h7-15,18,20,24-25,28H,16-17,19H2,1-6H3,(H,34,39)(H,35,43)(H,36,40)(H,41,42)/t24?,25?,28-/m0/s1. The van der Waals surface area contributed by atoms with Gasteiger partial charge in [-0.25, -0.2) is 9.59 Å². The van der Waals surface area contributed by atoms with Crippen molar-refractivity contribution < 1.29 is 38.6 Å². The smallest absolute Gasteiger partial charge is 0.408 e. The predicted octanol–water partition coefficient (Wildman–Crippen LogP) is 3.46. The van der Waals surface area contributed by atoms with E-state index < -0.39 is 65.9 Å². The highest BCUT2D eigenvalue weighted by molar-refractivity contribution is 5.95. The Balaban J connectivity index is 1.88. The van der Waals surface area contributed by atoms with E-state index >= 15 is 0 Å². The quantitative estimate of drug-likeness (QED) is 0.211. The van der Waals surface area contributed by atoms with Gasteiger partial charge in [0.25, 0.3) is 0 Å². The summed E-state index contributed by atoms with van der Waals surface area (Å²) in [7, 11) is 1.85. The fourth-order valence-corrected chi connectivity index (χ4v) is 4.72. The number of nitrogens with zero attached hydrogens (tertiary/aromatic N) is 1. The number of amides is 3. The van der Waals surface area contributed by atoms with Crippen LogP contribution in [0.15, 0.2) is 60.8 Å². The lowest BCUT2D eigenvalue weighted by molar-refractivity contribution is -0.156. The van der Waals surface area contributed by atoms with Crippen molar-refractivity contribution in [3.8, 4) is 0 Å². The molecule has 0 aliphatic carbocycles. The van der Waals surface area contributed by atoms with Gasteiger partial charge >= 0.3 is 18.0 Å². The molecule has 1 aromatic heterocycles. The molecule has 3 atom stereocenters. The van der Waals surface area contributed by atoms with Crippen LogP contribution in [0, 0.1) is 5.92 Å². The Morgan fingerprint density at radius 1 is 0.867 bits per heavy atom. The third kappa shape index (κ3) is 10.4. The van der Waals surface area contributed by atoms with Gasteiger partial charge in [0, 0.05) is 30.6 Å². The number of aryl methyl sites for hydroxylation is 1. The molecule has 0 radical (unpaired) electrons. The number of rotatable bonds is 13. The molecule has 3 aromatic rings. The van der Waals surface area contributed by atoms with E-state index in [4.69, 9.17) is 9.47 Å². The number of fused-ring (bicyclic) bond motifs is 1. The Kier molecular flexibility index (Phi) is 11.7. The molecular weight excluding hydrogens is 580 g/mol. The fraction of sp³-hybridized carbons (Fsp3) is 0.424. The summed E-state index contributed by atoms with van der Waals surface area (Å²) in [5.74, 6) is -4.01. The summed E-state index contributed by atoms with van der Waals surface area (Å²) < 4.78 is 12.5. The lowest BCUT2D eigenvalue weighted by atomic mass is 10.0. The van der Waals surface area contributed by atoms with Crippen LogP contribution in [0.1, 0.15) is 52.2 Å². The molecule has 0 saturated heterocycles. The van der Waals surface area contributed by atoms with Gasteiger partial charge in [0.05, 0.1) is 6.42 Å². The zero-order chi connectivity index (χ0) is 33.3. The molecule has 0 bridgehead atoms. The number of esters is 1. The summed E-state index contributed by atoms with van der Waals surface area (Å²) >= 11 is 0. The lowest BCUT2D eigenvalue weighted by Gasteiger charge is -2.26. The Labute approximate surface area is 262 Å². The average Bonchev–Trinajstić information content (AvgIpc) is 3.28. The normalized spacial score (nSPS) is 13.4. The van der Waals surface area contributed by atoms with E-state index in [1.54, 1.807) is 58.9 Å². The number of para-hydroxylation sites is 1. The number of carboxylic acids is 1. The van der Waals surface area contributed by atoms with Crippen molar-refractivity contribution in [1.82, 2.24) is 20.5 Å². The Morgan fingerprint density at radius 2 is 1.49 bits per heavy atom. The van der Waals surface area contributed by atoms with Crippen LogP contribution in [-0.4, -0.2) is 63.2 Å². The number of carbonyl (C=O) groups excluding carboxylic acids is 4. The number of aromatic nitrogens is 1. The zero-order valence-corrected chi connectivity index (χ0v) is 26.5. The first-order chi connectivity index (χ1) is 21.1. The van der Waals surface area contributed by atoms with E-state index in [1.165, 1.54) is 0 Å². The summed E-state index contributed by atoms with van der Waals surface area (Å²) in [5.41, 5.74) is 1.48. The zero-order valence-electron chi connectivity index (χ0n) is 26.5. The number of hydrogen-bond acceptors (Lipinski definition) is 7. The van der Waals surface area contributed by atoms with Crippen molar-refractivity contribution in [3.05, 3.63) is 71.9 Å². The number of alkyl carbamates (subject to hydrolysis) is 1. The summed E-state index contributed by atoms with van der Waals surface area (Å²) in [6, 6.07) is 12.5. The molecule has 2 aromatic carbocycles. The minimum atomic E-state index is -1.47. The highest BCUT2D eigenvalue weighted by Gasteiger charge is 2.33. The molecule has 0 aliphatic rings. The number of hydrogen-bond donors (Lipinski definition) is 4. The molecule has 242 valence electrons. The van der Waals surface area contributed by atoms with E-state index in [2.05, 4.69) is 16.0 Å². The molecule has 0 saturated carbocycles. The average molecular weight is 623 g/mol. The predicted molar refractivity (Wildman–Crippen MR) is 167 cm³/mol. The first-order valence-corrected chi connectivity index (χ1v) is 14.7. The van der Waals surface area contributed by atoms with Crippen LogP contribution in [-0.2, 0) is 48.7 Å². The molecule has 0 aliphatic heterocycles. The van der Waals surface area contributed by atoms with Crippen molar-refractivity contribution in [2.24, 2.45) is 13.0 Å². The van der Waals surface area contributed by atoms with E-state index in [-0.39, 0.29) is 13.0 Å². The Hall–Kier alpha value is -4.87. The molecule has 1 heterocycles. The van der Waals surface area contributed by atoms with Crippen LogP contribution >= 0.6 is 0 Å². The summed E-state index contributed by atoms with van der Waals surface area (Å²) in [6.45, 7) is 8.22. The monoisotopic (exact) mass is 622 g/mol. The second kappa shape index (κ2) is 15.2. The molecule has 2 unspecified atom stereocenters. The summed E-state index contributed by atoms with van der Waals surface area (Å²) in [5, 5.41) is 18.1. The summed E-state index contributed by atoms with van der Waals surface area (Å²) in [4.78, 5) is 64.6. The maximum absolute atomic E-state index is 13.7. The largest absolute Gasteiger partial charge is 0.480 e. The van der Waals surface area contributed by atoms with Crippen molar-refractivity contribution in [3.63, 3.8) is 0 Å². The minimum Gasteiger partial charge on any atom is -0.480 e. The van der Waals surface area contributed by atoms with E-state index in [1.807, 2.05) is 48.1 Å². The molecule has 3 rings (SSSR count). The number of carbonyl (C=O) groups is 5. The van der Waals surface area contributed by atoms with Crippen LogP contribution in [0.25, 0.3) is 10.9 Å². The second-order valence-electron chi connectivity index (χ2n) is 12.2. The van der Waals surface area contributed by atoms with Gasteiger partial charge in [-0.15, -0.1) is 0 Å². The van der Waals surface area contributed by atoms with E-state index in [0.717, 1.165) is 16.5 Å². The van der Waals surface area contributed by atoms with Crippen molar-refractivity contribution in [2.75, 3.05) is 0 Å². The third-order valence-corrected chi connectivity index (χ3v) is 6.88. The van der Waals surface area contributed by atoms with Gasteiger partial charge < -0.3 is 35.1 Å². The van der Waals surface area contributed by atoms with Gasteiger partial charge in [-0.3, -0.25) is 14.4 Å². The van der Waals surface area contributed by atoms with Crippen LogP contribution in [0.3, 0.4) is 0 Å². The highest BCUT2D eigenvalue weighted by Crippen LogP contribution is 2.22. The number of aliphatic carboxylic acids is 1. The van der Waals surface area contributed by atoms with Gasteiger partial charge in [-0.1, -0.05) is 62.4 Å². The number of carboxylic acid groups (broad SMARTS) is 1. The maximum Gasteiger partial charge on any atom is 0.408 e. The van der Waals surface area contributed by atoms with Crippen LogP contribution in [0.4, 0.5) is 4.79 Å². The first kappa shape index (κ1) is 34.6. The topological polar surface area (TPSA) is 165 Å². The third-order valence-electron chi connectivity index (χ3n) is 6.88.